The molecule has 1 atom stereocenters. The molecule has 4 aromatic rings. The van der Waals surface area contributed by atoms with Crippen LogP contribution >= 0.6 is 0 Å². The molecule has 0 saturated carbocycles. The Morgan fingerprint density at radius 2 is 1.87 bits per heavy atom. The van der Waals surface area contributed by atoms with Gasteiger partial charge in [-0.2, -0.15) is 18.4 Å². The molecular formula is C31H30F3N8O3+. The van der Waals surface area contributed by atoms with Gasteiger partial charge in [0.1, 0.15) is 12.6 Å². The summed E-state index contributed by atoms with van der Waals surface area (Å²) in [5.41, 5.74) is 0.326. The van der Waals surface area contributed by atoms with Crippen LogP contribution in [0.5, 0.6) is 0 Å². The monoisotopic (exact) mass is 619 g/mol. The molecule has 5 rings (SSSR count). The number of quaternary nitrogens is 1. The summed E-state index contributed by atoms with van der Waals surface area (Å²) in [6.07, 6.45) is -0.843. The van der Waals surface area contributed by atoms with Crippen LogP contribution in [-0.2, 0) is 28.7 Å². The van der Waals surface area contributed by atoms with E-state index in [1.807, 2.05) is 14.1 Å². The fourth-order valence-corrected chi connectivity index (χ4v) is 5.53. The Kier molecular flexibility index (Phi) is 8.31. The van der Waals surface area contributed by atoms with Gasteiger partial charge in [0.2, 0.25) is 5.95 Å². The lowest BCUT2D eigenvalue weighted by atomic mass is 9.89. The zero-order chi connectivity index (χ0) is 32.5. The maximum absolute atomic E-state index is 13.6. The summed E-state index contributed by atoms with van der Waals surface area (Å²) in [7, 11) is 5.22. The van der Waals surface area contributed by atoms with E-state index >= 15 is 0 Å². The van der Waals surface area contributed by atoms with Gasteiger partial charge < -0.3 is 9.22 Å². The lowest BCUT2D eigenvalue weighted by Crippen LogP contribution is -2.41. The third-order valence-electron chi connectivity index (χ3n) is 7.72. The van der Waals surface area contributed by atoms with E-state index < -0.39 is 29.4 Å². The first-order valence-electron chi connectivity index (χ1n) is 13.9. The number of alkyl halides is 3. The summed E-state index contributed by atoms with van der Waals surface area (Å²) in [6.45, 7) is 2.67. The number of fused-ring (bicyclic) bond motifs is 1. The van der Waals surface area contributed by atoms with E-state index in [4.69, 9.17) is 4.74 Å². The Morgan fingerprint density at radius 1 is 1.13 bits per heavy atom. The van der Waals surface area contributed by atoms with Crippen LogP contribution in [0.25, 0.3) is 0 Å². The molecule has 0 aliphatic carbocycles. The molecular weight excluding hydrogens is 589 g/mol. The van der Waals surface area contributed by atoms with Crippen LogP contribution < -0.4 is 10.6 Å². The Hall–Kier alpha value is -5.29. The second-order valence-electron chi connectivity index (χ2n) is 11.2. The van der Waals surface area contributed by atoms with Crippen molar-refractivity contribution in [3.63, 3.8) is 0 Å². The molecule has 1 N–H and O–H groups in total. The van der Waals surface area contributed by atoms with Gasteiger partial charge in [0, 0.05) is 30.2 Å². The Morgan fingerprint density at radius 3 is 2.53 bits per heavy atom. The van der Waals surface area contributed by atoms with Crippen molar-refractivity contribution in [2.75, 3.05) is 32.6 Å². The van der Waals surface area contributed by atoms with Gasteiger partial charge in [0.15, 0.2) is 5.82 Å². The molecule has 45 heavy (non-hydrogen) atoms. The lowest BCUT2D eigenvalue weighted by Gasteiger charge is -2.36. The average molecular weight is 620 g/mol. The standard InChI is InChI=1S/C31H29F3N8O3/c1-19-26(28(43)45-4)27(41-29(38-39-30(41)44)40(19)23-8-5-7-22(16-23)31(32,33)34)24-10-9-20(17-35)15-21(24)11-14-42(2,3)18-25-36-12-6-13-37-25/h5-10,12-13,15-16,27H,11,14,18H2,1-4H3/p+1/t27-/m1/s1. The number of hydrogen-bond acceptors (Lipinski definition) is 8. The molecule has 2 aromatic heterocycles. The third-order valence-corrected chi connectivity index (χ3v) is 7.72. The molecule has 0 saturated heterocycles. The van der Waals surface area contributed by atoms with Gasteiger partial charge in [0.25, 0.3) is 0 Å². The number of nitrogens with zero attached hydrogens (tertiary/aromatic N) is 7. The molecule has 11 nitrogen and oxygen atoms in total. The fourth-order valence-electron chi connectivity index (χ4n) is 5.53. The van der Waals surface area contributed by atoms with Gasteiger partial charge in [-0.05, 0) is 54.4 Å². The van der Waals surface area contributed by atoms with Crippen LogP contribution in [-0.4, -0.2) is 62.9 Å². The molecule has 0 unspecified atom stereocenters. The van der Waals surface area contributed by atoms with Gasteiger partial charge in [0.05, 0.1) is 50.5 Å². The van der Waals surface area contributed by atoms with Crippen LogP contribution in [0.15, 0.2) is 77.0 Å². The number of H-pyrrole nitrogens is 1. The minimum atomic E-state index is -4.63. The second kappa shape index (κ2) is 12.0. The molecule has 0 radical (unpaired) electrons. The number of nitriles is 1. The Labute approximate surface area is 256 Å². The van der Waals surface area contributed by atoms with Crippen LogP contribution in [0.2, 0.25) is 0 Å². The molecule has 14 heteroatoms. The number of nitrogens with one attached hydrogen (secondary N) is 1. The van der Waals surface area contributed by atoms with Crippen molar-refractivity contribution in [3.8, 4) is 6.07 Å². The van der Waals surface area contributed by atoms with Crippen molar-refractivity contribution < 1.29 is 27.2 Å². The predicted molar refractivity (Wildman–Crippen MR) is 157 cm³/mol. The first kappa shape index (κ1) is 31.1. The normalized spacial score (nSPS) is 15.1. The number of halogens is 3. The maximum atomic E-state index is 13.6. The number of esters is 1. The summed E-state index contributed by atoms with van der Waals surface area (Å²) in [5, 5.41) is 16.3. The summed E-state index contributed by atoms with van der Waals surface area (Å²) < 4.78 is 47.8. The summed E-state index contributed by atoms with van der Waals surface area (Å²) in [5.74, 6) is -0.125. The van der Waals surface area contributed by atoms with Gasteiger partial charge >= 0.3 is 17.8 Å². The van der Waals surface area contributed by atoms with Crippen LogP contribution in [0.3, 0.4) is 0 Å². The van der Waals surface area contributed by atoms with Gasteiger partial charge in [-0.25, -0.2) is 29.2 Å². The zero-order valence-electron chi connectivity index (χ0n) is 25.0. The number of ether oxygens (including phenoxy) is 1. The second-order valence-corrected chi connectivity index (χ2v) is 11.2. The molecule has 1 aliphatic rings. The number of rotatable bonds is 8. The van der Waals surface area contributed by atoms with Crippen molar-refractivity contribution >= 4 is 17.6 Å². The number of carbonyl (C=O) groups excluding carboxylic acids is 1. The zero-order valence-corrected chi connectivity index (χ0v) is 25.0. The molecule has 0 fully saturated rings. The SMILES string of the molecule is COC(=O)C1=C(C)N(c2cccc(C(F)(F)F)c2)c2n[nH]c(=O)n2[C@@H]1c1ccc(C#N)cc1CC[N+](C)(C)Cc1ncccn1. The number of likely N-dealkylation sites (N-methyl/N-ethyl adjacent to an activating group) is 1. The summed E-state index contributed by atoms with van der Waals surface area (Å²) in [6, 6.07) is 12.3. The minimum Gasteiger partial charge on any atom is -0.466 e. The first-order chi connectivity index (χ1) is 21.3. The van der Waals surface area contributed by atoms with Crippen LogP contribution in [0.1, 0.15) is 41.0 Å². The molecule has 1 aliphatic heterocycles. The predicted octanol–water partition coefficient (Wildman–Crippen LogP) is 4.26. The van der Waals surface area contributed by atoms with Crippen molar-refractivity contribution in [2.24, 2.45) is 0 Å². The van der Waals surface area contributed by atoms with E-state index in [-0.39, 0.29) is 22.9 Å². The van der Waals surface area contributed by atoms with Gasteiger partial charge in [-0.3, -0.25) is 4.90 Å². The van der Waals surface area contributed by atoms with E-state index in [0.717, 1.165) is 12.1 Å². The number of hydrogen-bond donors (Lipinski definition) is 1. The fraction of sp³-hybridized carbons (Fsp3) is 0.290. The van der Waals surface area contributed by atoms with E-state index in [9.17, 15) is 28.0 Å². The highest BCUT2D eigenvalue weighted by Gasteiger charge is 2.41. The van der Waals surface area contributed by atoms with E-state index in [1.54, 1.807) is 43.6 Å². The number of aromatic nitrogens is 5. The first-order valence-corrected chi connectivity index (χ1v) is 13.9. The van der Waals surface area contributed by atoms with E-state index in [0.29, 0.717) is 46.5 Å². The Balaban J connectivity index is 1.65. The average Bonchev–Trinajstić information content (AvgIpc) is 3.39. The number of benzene rings is 2. The summed E-state index contributed by atoms with van der Waals surface area (Å²) in [4.78, 5) is 36.8. The molecule has 0 bridgehead atoms. The van der Waals surface area contributed by atoms with Crippen molar-refractivity contribution in [1.82, 2.24) is 24.7 Å². The van der Waals surface area contributed by atoms with Gasteiger partial charge in [-0.1, -0.05) is 12.1 Å². The maximum Gasteiger partial charge on any atom is 0.416 e. The minimum absolute atomic E-state index is 0.0119. The quantitative estimate of drug-likeness (QED) is 0.229. The Bertz CT molecular complexity index is 1870. The molecule has 2 aromatic carbocycles. The van der Waals surface area contributed by atoms with Crippen molar-refractivity contribution in [3.05, 3.63) is 111 Å². The third kappa shape index (κ3) is 6.20. The largest absolute Gasteiger partial charge is 0.466 e. The highest BCUT2D eigenvalue weighted by molar-refractivity contribution is 5.93. The number of methoxy groups -OCH3 is 1. The van der Waals surface area contributed by atoms with E-state index in [1.165, 1.54) is 28.7 Å². The highest BCUT2D eigenvalue weighted by Crippen LogP contribution is 2.43. The molecule has 0 amide bonds. The molecule has 232 valence electrons. The smallest absolute Gasteiger partial charge is 0.416 e. The van der Waals surface area contributed by atoms with Crippen LogP contribution in [0, 0.1) is 11.3 Å². The number of anilines is 2. The van der Waals surface area contributed by atoms with Crippen molar-refractivity contribution in [1.29, 1.82) is 5.26 Å². The van der Waals surface area contributed by atoms with Crippen molar-refractivity contribution in [2.45, 2.75) is 32.1 Å². The number of carbonyl (C=O) groups is 1. The number of aromatic amines is 1. The summed E-state index contributed by atoms with van der Waals surface area (Å²) >= 11 is 0. The topological polar surface area (TPSA) is 130 Å². The number of allylic oxidation sites excluding steroid dienone is 1. The van der Waals surface area contributed by atoms with Gasteiger partial charge in [-0.15, -0.1) is 5.10 Å². The lowest BCUT2D eigenvalue weighted by molar-refractivity contribution is -0.904. The highest BCUT2D eigenvalue weighted by atomic mass is 19.4. The van der Waals surface area contributed by atoms with E-state index in [2.05, 4.69) is 26.2 Å². The molecule has 3 heterocycles. The molecule has 0 spiro atoms. The van der Waals surface area contributed by atoms with Crippen LogP contribution in [0.4, 0.5) is 24.8 Å².